The van der Waals surface area contributed by atoms with E-state index in [1.807, 2.05) is 34.7 Å². The lowest BCUT2D eigenvalue weighted by Gasteiger charge is -2.35. The third-order valence-electron chi connectivity index (χ3n) is 4.79. The molecule has 1 saturated heterocycles. The van der Waals surface area contributed by atoms with E-state index in [0.29, 0.717) is 5.92 Å². The van der Waals surface area contributed by atoms with E-state index >= 15 is 0 Å². The van der Waals surface area contributed by atoms with Crippen LogP contribution in [0.15, 0.2) is 41.9 Å². The number of nitrogens with one attached hydrogen (secondary N) is 1. The number of anilines is 1. The zero-order valence-electron chi connectivity index (χ0n) is 13.6. The van der Waals surface area contributed by atoms with Crippen LogP contribution in [0.4, 0.5) is 9.93 Å². The highest BCUT2D eigenvalue weighted by atomic mass is 32.1. The second-order valence-electron chi connectivity index (χ2n) is 6.46. The lowest BCUT2D eigenvalue weighted by molar-refractivity contribution is 0.189. The molecule has 1 atom stereocenters. The molecular formula is C18H22N4OS. The number of benzene rings is 1. The van der Waals surface area contributed by atoms with Gasteiger partial charge in [-0.15, -0.1) is 11.3 Å². The summed E-state index contributed by atoms with van der Waals surface area (Å²) in [5.41, 5.74) is 1.22. The van der Waals surface area contributed by atoms with Crippen molar-refractivity contribution in [3.8, 4) is 0 Å². The van der Waals surface area contributed by atoms with Crippen molar-refractivity contribution in [3.63, 3.8) is 0 Å². The molecular weight excluding hydrogens is 320 g/mol. The molecule has 2 aliphatic rings. The second-order valence-corrected chi connectivity index (χ2v) is 7.34. The van der Waals surface area contributed by atoms with E-state index in [1.165, 1.54) is 18.4 Å². The van der Waals surface area contributed by atoms with Crippen molar-refractivity contribution in [1.29, 1.82) is 0 Å². The molecule has 2 fully saturated rings. The van der Waals surface area contributed by atoms with Crippen LogP contribution in [0.1, 0.15) is 24.4 Å². The van der Waals surface area contributed by atoms with Crippen molar-refractivity contribution in [2.45, 2.75) is 18.9 Å². The number of thiazole rings is 1. The van der Waals surface area contributed by atoms with E-state index < -0.39 is 0 Å². The molecule has 4 rings (SSSR count). The van der Waals surface area contributed by atoms with Crippen LogP contribution in [0.2, 0.25) is 0 Å². The number of aromatic nitrogens is 1. The zero-order valence-corrected chi connectivity index (χ0v) is 14.4. The zero-order chi connectivity index (χ0) is 16.4. The molecule has 1 aromatic carbocycles. The fraction of sp³-hybridized carbons (Fsp3) is 0.444. The van der Waals surface area contributed by atoms with Crippen molar-refractivity contribution < 1.29 is 4.79 Å². The molecule has 0 spiro atoms. The third-order valence-corrected chi connectivity index (χ3v) is 5.62. The minimum Gasteiger partial charge on any atom is -0.345 e. The van der Waals surface area contributed by atoms with E-state index in [0.717, 1.165) is 31.3 Å². The molecule has 1 unspecified atom stereocenters. The van der Waals surface area contributed by atoms with Gasteiger partial charge in [-0.3, -0.25) is 0 Å². The van der Waals surface area contributed by atoms with Gasteiger partial charge in [-0.25, -0.2) is 9.78 Å². The average molecular weight is 342 g/mol. The van der Waals surface area contributed by atoms with Crippen molar-refractivity contribution in [2.75, 3.05) is 31.1 Å². The first-order valence-corrected chi connectivity index (χ1v) is 9.44. The van der Waals surface area contributed by atoms with Gasteiger partial charge in [0.1, 0.15) is 0 Å². The lowest BCUT2D eigenvalue weighted by atomic mass is 10.0. The molecule has 6 heteroatoms. The fourth-order valence-corrected chi connectivity index (χ4v) is 3.96. The van der Waals surface area contributed by atoms with Gasteiger partial charge in [0.25, 0.3) is 0 Å². The minimum atomic E-state index is 0.0644. The van der Waals surface area contributed by atoms with Crippen molar-refractivity contribution >= 4 is 22.5 Å². The number of rotatable bonds is 4. The summed E-state index contributed by atoms with van der Waals surface area (Å²) >= 11 is 1.65. The van der Waals surface area contributed by atoms with Gasteiger partial charge in [-0.05, 0) is 24.3 Å². The summed E-state index contributed by atoms with van der Waals surface area (Å²) in [6.45, 7) is 3.19. The molecule has 2 heterocycles. The molecule has 126 valence electrons. The Kier molecular flexibility index (Phi) is 4.38. The highest BCUT2D eigenvalue weighted by Crippen LogP contribution is 2.41. The number of hydrogen-bond donors (Lipinski definition) is 1. The van der Waals surface area contributed by atoms with Crippen molar-refractivity contribution in [1.82, 2.24) is 15.2 Å². The van der Waals surface area contributed by atoms with Gasteiger partial charge in [-0.2, -0.15) is 0 Å². The van der Waals surface area contributed by atoms with Crippen LogP contribution in [0, 0.1) is 5.92 Å². The molecule has 1 aromatic heterocycles. The molecule has 2 aromatic rings. The predicted octanol–water partition coefficient (Wildman–Crippen LogP) is 3.13. The van der Waals surface area contributed by atoms with Gasteiger partial charge in [-0.1, -0.05) is 30.3 Å². The highest BCUT2D eigenvalue weighted by molar-refractivity contribution is 7.13. The maximum atomic E-state index is 12.7. The van der Waals surface area contributed by atoms with Gasteiger partial charge >= 0.3 is 6.03 Å². The number of amides is 2. The fourth-order valence-electron chi connectivity index (χ4n) is 3.26. The predicted molar refractivity (Wildman–Crippen MR) is 96.3 cm³/mol. The largest absolute Gasteiger partial charge is 0.345 e. The second kappa shape index (κ2) is 6.81. The maximum Gasteiger partial charge on any atom is 0.318 e. The SMILES string of the molecule is O=C(NC(c1ccccc1)C1CC1)N1CCN(c2nccs2)CC1. The van der Waals surface area contributed by atoms with E-state index in [4.69, 9.17) is 0 Å². The van der Waals surface area contributed by atoms with E-state index in [-0.39, 0.29) is 12.1 Å². The molecule has 1 aliphatic carbocycles. The van der Waals surface area contributed by atoms with Crippen LogP contribution in [0.3, 0.4) is 0 Å². The molecule has 1 aliphatic heterocycles. The van der Waals surface area contributed by atoms with Crippen molar-refractivity contribution in [2.24, 2.45) is 5.92 Å². The normalized spacial score (nSPS) is 19.2. The van der Waals surface area contributed by atoms with Crippen LogP contribution in [0.25, 0.3) is 0 Å². The molecule has 0 radical (unpaired) electrons. The Labute approximate surface area is 146 Å². The van der Waals surface area contributed by atoms with Crippen LogP contribution >= 0.6 is 11.3 Å². The van der Waals surface area contributed by atoms with Gasteiger partial charge in [0.15, 0.2) is 5.13 Å². The standard InChI is InChI=1S/C18H22N4OS/c23-17(20-16(15-6-7-15)14-4-2-1-3-5-14)21-9-11-22(12-10-21)18-19-8-13-24-18/h1-5,8,13,15-16H,6-7,9-12H2,(H,20,23). The Bertz CT molecular complexity index is 664. The Morgan fingerprint density at radius 2 is 1.92 bits per heavy atom. The van der Waals surface area contributed by atoms with Crippen LogP contribution in [-0.4, -0.2) is 42.1 Å². The number of hydrogen-bond acceptors (Lipinski definition) is 4. The lowest BCUT2D eigenvalue weighted by Crippen LogP contribution is -2.52. The van der Waals surface area contributed by atoms with Gasteiger partial charge in [0.2, 0.25) is 0 Å². The number of urea groups is 1. The molecule has 0 bridgehead atoms. The number of carbonyl (C=O) groups is 1. The number of nitrogens with zero attached hydrogens (tertiary/aromatic N) is 3. The number of carbonyl (C=O) groups excluding carboxylic acids is 1. The number of piperazine rings is 1. The van der Waals surface area contributed by atoms with E-state index in [1.54, 1.807) is 11.3 Å². The van der Waals surface area contributed by atoms with Gasteiger partial charge in [0, 0.05) is 37.8 Å². The summed E-state index contributed by atoms with van der Waals surface area (Å²) in [4.78, 5) is 21.2. The molecule has 2 amide bonds. The Hall–Kier alpha value is -2.08. The molecule has 24 heavy (non-hydrogen) atoms. The van der Waals surface area contributed by atoms with Crippen LogP contribution in [-0.2, 0) is 0 Å². The van der Waals surface area contributed by atoms with Crippen LogP contribution < -0.4 is 10.2 Å². The first kappa shape index (κ1) is 15.4. The summed E-state index contributed by atoms with van der Waals surface area (Å²) < 4.78 is 0. The first-order chi connectivity index (χ1) is 11.8. The molecule has 1 saturated carbocycles. The third kappa shape index (κ3) is 3.38. The summed E-state index contributed by atoms with van der Waals surface area (Å²) in [6, 6.07) is 10.6. The summed E-state index contributed by atoms with van der Waals surface area (Å²) in [7, 11) is 0. The topological polar surface area (TPSA) is 48.5 Å². The van der Waals surface area contributed by atoms with Gasteiger partial charge in [0.05, 0.1) is 6.04 Å². The highest BCUT2D eigenvalue weighted by Gasteiger charge is 2.34. The van der Waals surface area contributed by atoms with E-state index in [9.17, 15) is 4.79 Å². The molecule has 5 nitrogen and oxygen atoms in total. The maximum absolute atomic E-state index is 12.7. The van der Waals surface area contributed by atoms with E-state index in [2.05, 4.69) is 27.3 Å². The Morgan fingerprint density at radius 3 is 2.54 bits per heavy atom. The smallest absolute Gasteiger partial charge is 0.318 e. The summed E-state index contributed by atoms with van der Waals surface area (Å²) in [5, 5.41) is 6.32. The molecule has 1 N–H and O–H groups in total. The Morgan fingerprint density at radius 1 is 1.17 bits per heavy atom. The summed E-state index contributed by atoms with van der Waals surface area (Å²) in [5.74, 6) is 0.591. The quantitative estimate of drug-likeness (QED) is 0.929. The monoisotopic (exact) mass is 342 g/mol. The van der Waals surface area contributed by atoms with Crippen molar-refractivity contribution in [3.05, 3.63) is 47.5 Å². The first-order valence-electron chi connectivity index (χ1n) is 8.56. The summed E-state index contributed by atoms with van der Waals surface area (Å²) in [6.07, 6.45) is 4.24. The minimum absolute atomic E-state index is 0.0644. The van der Waals surface area contributed by atoms with Crippen LogP contribution in [0.5, 0.6) is 0 Å². The average Bonchev–Trinajstić information content (AvgIpc) is 3.33. The Balaban J connectivity index is 1.36. The van der Waals surface area contributed by atoms with Gasteiger partial charge < -0.3 is 15.1 Å².